The highest BCUT2D eigenvalue weighted by Crippen LogP contribution is 2.40. The number of rotatable bonds is 14. The number of anilines is 2. The predicted octanol–water partition coefficient (Wildman–Crippen LogP) is 7.99. The molecule has 0 aliphatic carbocycles. The zero-order valence-corrected chi connectivity index (χ0v) is 29.2. The van der Waals surface area contributed by atoms with E-state index in [2.05, 4.69) is 47.4 Å². The molecule has 1 aliphatic rings. The molecule has 6 rings (SSSR count). The Morgan fingerprint density at radius 2 is 1.51 bits per heavy atom. The summed E-state index contributed by atoms with van der Waals surface area (Å²) in [6, 6.07) is 39.2. The van der Waals surface area contributed by atoms with Gasteiger partial charge in [-0.3, -0.25) is 4.79 Å². The van der Waals surface area contributed by atoms with E-state index in [9.17, 15) is 14.7 Å². The first-order valence-corrected chi connectivity index (χ1v) is 17.2. The monoisotopic (exact) mass is 681 g/mol. The van der Waals surface area contributed by atoms with Gasteiger partial charge in [0.05, 0.1) is 6.54 Å². The molecule has 2 N–H and O–H groups in total. The number of carboxylic acids is 1. The van der Waals surface area contributed by atoms with Crippen molar-refractivity contribution in [1.82, 2.24) is 0 Å². The number of nitrogens with one attached hydrogen (secondary N) is 1. The number of carbonyl (C=O) groups is 2. The van der Waals surface area contributed by atoms with Crippen LogP contribution < -0.4 is 15.0 Å². The lowest BCUT2D eigenvalue weighted by Crippen LogP contribution is -2.39. The zero-order chi connectivity index (χ0) is 35.8. The van der Waals surface area contributed by atoms with Gasteiger partial charge in [-0.1, -0.05) is 110 Å². The van der Waals surface area contributed by atoms with Crippen LogP contribution in [0.15, 0.2) is 133 Å². The molecule has 8 heteroatoms. The molecule has 1 heterocycles. The number of fused-ring (bicyclic) bond motifs is 1. The maximum Gasteiger partial charge on any atom is 0.326 e. The summed E-state index contributed by atoms with van der Waals surface area (Å²) in [6.07, 6.45) is 1.23. The number of carboxylic acid groups (broad SMARTS) is 1. The smallest absolute Gasteiger partial charge is 0.326 e. The molecule has 1 atom stereocenters. The second-order valence-corrected chi connectivity index (χ2v) is 13.3. The third-order valence-corrected chi connectivity index (χ3v) is 9.40. The molecule has 0 amide bonds. The number of carbonyl (C=O) groups excluding carboxylic acids is 1. The van der Waals surface area contributed by atoms with Crippen molar-refractivity contribution in [3.63, 3.8) is 0 Å². The number of para-hydroxylation sites is 1. The first kappa shape index (κ1) is 35.0. The van der Waals surface area contributed by atoms with Crippen LogP contribution in [0.2, 0.25) is 0 Å². The Hall–Kier alpha value is -5.89. The Labute approximate surface area is 299 Å². The third kappa shape index (κ3) is 8.29. The minimum absolute atomic E-state index is 0.00439. The van der Waals surface area contributed by atoms with E-state index >= 15 is 0 Å². The van der Waals surface area contributed by atoms with Crippen LogP contribution in [-0.2, 0) is 21.5 Å². The molecule has 0 bridgehead atoms. The normalized spacial score (nSPS) is 14.3. The summed E-state index contributed by atoms with van der Waals surface area (Å²) in [6.45, 7) is 6.70. The highest BCUT2D eigenvalue weighted by Gasteiger charge is 2.32. The molecule has 0 spiro atoms. The summed E-state index contributed by atoms with van der Waals surface area (Å²) in [4.78, 5) is 33.1. The Morgan fingerprint density at radius 3 is 2.20 bits per heavy atom. The number of nitrogens with zero attached hydrogens (tertiary/aromatic N) is 2. The summed E-state index contributed by atoms with van der Waals surface area (Å²) >= 11 is 0. The molecule has 0 radical (unpaired) electrons. The first-order valence-electron chi connectivity index (χ1n) is 17.2. The second kappa shape index (κ2) is 15.8. The average Bonchev–Trinajstić information content (AvgIpc) is 3.15. The van der Waals surface area contributed by atoms with E-state index in [1.54, 1.807) is 43.5 Å². The van der Waals surface area contributed by atoms with Gasteiger partial charge in [-0.15, -0.1) is 0 Å². The van der Waals surface area contributed by atoms with Crippen molar-refractivity contribution in [3.05, 3.63) is 161 Å². The van der Waals surface area contributed by atoms with Crippen molar-refractivity contribution in [2.45, 2.75) is 38.1 Å². The largest absolute Gasteiger partial charge is 0.492 e. The van der Waals surface area contributed by atoms with Gasteiger partial charge in [0, 0.05) is 46.6 Å². The molecule has 5 aromatic carbocycles. The van der Waals surface area contributed by atoms with E-state index in [1.165, 1.54) is 11.3 Å². The van der Waals surface area contributed by atoms with Crippen molar-refractivity contribution in [2.24, 2.45) is 5.16 Å². The molecule has 0 aromatic heterocycles. The number of hydrogen-bond donors (Lipinski definition) is 2. The van der Waals surface area contributed by atoms with Gasteiger partial charge in [0.1, 0.15) is 31.2 Å². The highest BCUT2D eigenvalue weighted by molar-refractivity contribution is 6.13. The molecular weight excluding hydrogens is 638 g/mol. The fraction of sp³-hybridized carbons (Fsp3) is 0.233. The molecule has 0 unspecified atom stereocenters. The van der Waals surface area contributed by atoms with Crippen molar-refractivity contribution < 1.29 is 24.3 Å². The minimum Gasteiger partial charge on any atom is -0.492 e. The maximum atomic E-state index is 13.2. The Kier molecular flexibility index (Phi) is 10.8. The summed E-state index contributed by atoms with van der Waals surface area (Å²) in [5, 5.41) is 17.5. The lowest BCUT2D eigenvalue weighted by molar-refractivity contribution is -0.137. The van der Waals surface area contributed by atoms with E-state index in [4.69, 9.17) is 9.57 Å². The number of ketones is 1. The Morgan fingerprint density at radius 1 is 0.843 bits per heavy atom. The van der Waals surface area contributed by atoms with Gasteiger partial charge in [0.25, 0.3) is 0 Å². The number of aliphatic carboxylic acids is 1. The lowest BCUT2D eigenvalue weighted by atomic mass is 9.76. The van der Waals surface area contributed by atoms with E-state index in [0.717, 1.165) is 35.4 Å². The van der Waals surface area contributed by atoms with E-state index < -0.39 is 12.0 Å². The van der Waals surface area contributed by atoms with Crippen LogP contribution in [0.3, 0.4) is 0 Å². The molecule has 0 fully saturated rings. The van der Waals surface area contributed by atoms with Gasteiger partial charge < -0.3 is 24.9 Å². The van der Waals surface area contributed by atoms with Crippen LogP contribution in [0.25, 0.3) is 0 Å². The molecule has 1 aliphatic heterocycles. The van der Waals surface area contributed by atoms with Gasteiger partial charge in [0.2, 0.25) is 0 Å². The van der Waals surface area contributed by atoms with Gasteiger partial charge >= 0.3 is 5.97 Å². The van der Waals surface area contributed by atoms with Crippen LogP contribution in [0.5, 0.6) is 5.75 Å². The van der Waals surface area contributed by atoms with Gasteiger partial charge in [-0.05, 0) is 59.4 Å². The highest BCUT2D eigenvalue weighted by atomic mass is 16.6. The number of oxime groups is 1. The van der Waals surface area contributed by atoms with Crippen LogP contribution in [-0.4, -0.2) is 55.4 Å². The zero-order valence-electron chi connectivity index (χ0n) is 29.2. The Balaban J connectivity index is 1.09. The molecule has 260 valence electrons. The van der Waals surface area contributed by atoms with Crippen molar-refractivity contribution in [2.75, 3.05) is 37.0 Å². The molecule has 5 aromatic rings. The quantitative estimate of drug-likeness (QED) is 0.0696. The second-order valence-electron chi connectivity index (χ2n) is 13.3. The molecule has 0 saturated heterocycles. The first-order chi connectivity index (χ1) is 24.7. The van der Waals surface area contributed by atoms with Crippen molar-refractivity contribution in [1.29, 1.82) is 0 Å². The van der Waals surface area contributed by atoms with Gasteiger partial charge in [-0.25, -0.2) is 4.79 Å². The van der Waals surface area contributed by atoms with Crippen LogP contribution in [0, 0.1) is 0 Å². The summed E-state index contributed by atoms with van der Waals surface area (Å²) in [5.74, 6) is -0.454. The number of benzene rings is 5. The minimum atomic E-state index is -1.00. The van der Waals surface area contributed by atoms with Crippen LogP contribution in [0.4, 0.5) is 11.4 Å². The standard InChI is InChI=1S/C43H43N3O5/c1-43(2)24-25-46(39-23-20-33(29-36(39)43)40(45-50-3)31-12-6-4-7-13-31)26-27-51-34-21-18-30(19-22-34)28-38(42(48)49)44-37-17-11-10-16-35(37)41(47)32-14-8-5-9-15-32/h4-23,29,38,44H,24-28H2,1-3H3,(H,48,49)/b45-40+/t38-/m0/s1. The molecular formula is C43H43N3O5. The van der Waals surface area contributed by atoms with E-state index in [-0.39, 0.29) is 17.6 Å². The average molecular weight is 682 g/mol. The van der Waals surface area contributed by atoms with Crippen LogP contribution >= 0.6 is 0 Å². The Bertz CT molecular complexity index is 1990. The summed E-state index contributed by atoms with van der Waals surface area (Å²) < 4.78 is 6.17. The van der Waals surface area contributed by atoms with Gasteiger partial charge in [0.15, 0.2) is 5.78 Å². The number of hydrogen-bond acceptors (Lipinski definition) is 7. The summed E-state index contributed by atoms with van der Waals surface area (Å²) in [7, 11) is 1.57. The fourth-order valence-corrected chi connectivity index (χ4v) is 6.53. The molecule has 0 saturated carbocycles. The predicted molar refractivity (Wildman–Crippen MR) is 202 cm³/mol. The van der Waals surface area contributed by atoms with Crippen molar-refractivity contribution in [3.8, 4) is 5.75 Å². The van der Waals surface area contributed by atoms with Crippen molar-refractivity contribution >= 4 is 28.8 Å². The van der Waals surface area contributed by atoms with E-state index in [0.29, 0.717) is 35.7 Å². The van der Waals surface area contributed by atoms with Crippen LogP contribution in [0.1, 0.15) is 58.4 Å². The topological polar surface area (TPSA) is 100 Å². The lowest BCUT2D eigenvalue weighted by Gasteiger charge is -2.40. The maximum absolute atomic E-state index is 13.2. The SMILES string of the molecule is CO/N=C(\c1ccccc1)c1ccc2c(c1)C(C)(C)CCN2CCOc1ccc(C[C@H](Nc2ccccc2C(=O)c2ccccc2)C(=O)O)cc1. The molecule has 51 heavy (non-hydrogen) atoms. The van der Waals surface area contributed by atoms with Gasteiger partial charge in [-0.2, -0.15) is 0 Å². The summed E-state index contributed by atoms with van der Waals surface area (Å²) in [5.41, 5.74) is 7.56. The molecule has 8 nitrogen and oxygen atoms in total. The third-order valence-electron chi connectivity index (χ3n) is 9.40. The number of ether oxygens (including phenoxy) is 1. The van der Waals surface area contributed by atoms with E-state index in [1.807, 2.05) is 72.8 Å². The fourth-order valence-electron chi connectivity index (χ4n) is 6.53.